The second-order valence-corrected chi connectivity index (χ2v) is 10.4. The highest BCUT2D eigenvalue weighted by molar-refractivity contribution is 5.80. The van der Waals surface area contributed by atoms with Crippen LogP contribution in [0.2, 0.25) is 0 Å². The van der Waals surface area contributed by atoms with Crippen molar-refractivity contribution in [1.29, 1.82) is 0 Å². The molecular formula is C27H36N2O. The van der Waals surface area contributed by atoms with Crippen molar-refractivity contribution < 1.29 is 4.79 Å². The summed E-state index contributed by atoms with van der Waals surface area (Å²) in [4.78, 5) is 16.0. The lowest BCUT2D eigenvalue weighted by Crippen LogP contribution is -2.46. The maximum absolute atomic E-state index is 13.4. The van der Waals surface area contributed by atoms with Crippen LogP contribution in [0.5, 0.6) is 0 Å². The average molecular weight is 405 g/mol. The lowest BCUT2D eigenvalue weighted by Gasteiger charge is -2.32. The third-order valence-corrected chi connectivity index (χ3v) is 7.15. The summed E-state index contributed by atoms with van der Waals surface area (Å²) in [5.74, 6) is 1.54. The van der Waals surface area contributed by atoms with E-state index in [9.17, 15) is 4.79 Å². The number of likely N-dealkylation sites (tertiary alicyclic amines) is 1. The molecule has 1 aliphatic carbocycles. The van der Waals surface area contributed by atoms with Gasteiger partial charge < -0.3 is 5.32 Å². The first-order valence-electron chi connectivity index (χ1n) is 11.5. The lowest BCUT2D eigenvalue weighted by atomic mass is 9.76. The van der Waals surface area contributed by atoms with Gasteiger partial charge in [0, 0.05) is 31.6 Å². The van der Waals surface area contributed by atoms with Gasteiger partial charge >= 0.3 is 0 Å². The second kappa shape index (κ2) is 8.93. The highest BCUT2D eigenvalue weighted by atomic mass is 16.2. The van der Waals surface area contributed by atoms with E-state index in [2.05, 4.69) is 85.6 Å². The summed E-state index contributed by atoms with van der Waals surface area (Å²) in [5, 5.41) is 3.50. The molecule has 2 fully saturated rings. The zero-order chi connectivity index (χ0) is 21.1. The molecule has 1 heterocycles. The van der Waals surface area contributed by atoms with Crippen molar-refractivity contribution >= 4 is 5.91 Å². The number of carbonyl (C=O) groups excluding carboxylic acids is 1. The van der Waals surface area contributed by atoms with E-state index < -0.39 is 0 Å². The number of amides is 1. The van der Waals surface area contributed by atoms with Crippen molar-refractivity contribution in [1.82, 2.24) is 10.2 Å². The number of hydrogen-bond donors (Lipinski definition) is 1. The molecule has 1 aliphatic heterocycles. The van der Waals surface area contributed by atoms with E-state index in [1.807, 2.05) is 6.07 Å². The van der Waals surface area contributed by atoms with Crippen LogP contribution < -0.4 is 5.32 Å². The van der Waals surface area contributed by atoms with Crippen LogP contribution in [-0.2, 0) is 17.8 Å². The number of benzene rings is 2. The zero-order valence-electron chi connectivity index (χ0n) is 18.7. The minimum Gasteiger partial charge on any atom is -0.353 e. The zero-order valence-corrected chi connectivity index (χ0v) is 18.7. The quantitative estimate of drug-likeness (QED) is 0.741. The predicted molar refractivity (Wildman–Crippen MR) is 123 cm³/mol. The molecule has 3 unspecified atom stereocenters. The molecule has 0 aromatic heterocycles. The van der Waals surface area contributed by atoms with Crippen LogP contribution in [0.4, 0.5) is 0 Å². The van der Waals surface area contributed by atoms with Gasteiger partial charge in [-0.05, 0) is 47.6 Å². The molecule has 3 nitrogen and oxygen atoms in total. The Morgan fingerprint density at radius 1 is 0.967 bits per heavy atom. The molecule has 3 heteroatoms. The Balaban J connectivity index is 1.38. The molecule has 1 saturated carbocycles. The maximum Gasteiger partial charge on any atom is 0.224 e. The van der Waals surface area contributed by atoms with Crippen molar-refractivity contribution in [2.75, 3.05) is 13.1 Å². The normalized spacial score (nSPS) is 25.1. The summed E-state index contributed by atoms with van der Waals surface area (Å²) in [5.41, 5.74) is 2.56. The number of hydrogen-bond acceptors (Lipinski definition) is 2. The molecule has 1 N–H and O–H groups in total. The van der Waals surface area contributed by atoms with Crippen LogP contribution in [0.15, 0.2) is 60.7 Å². The molecule has 0 bridgehead atoms. The molecule has 30 heavy (non-hydrogen) atoms. The van der Waals surface area contributed by atoms with Gasteiger partial charge in [0.2, 0.25) is 5.91 Å². The molecule has 1 saturated heterocycles. The number of nitrogens with one attached hydrogen (secondary N) is 1. The van der Waals surface area contributed by atoms with Gasteiger partial charge in [-0.15, -0.1) is 0 Å². The highest BCUT2D eigenvalue weighted by Crippen LogP contribution is 2.39. The summed E-state index contributed by atoms with van der Waals surface area (Å²) in [6.45, 7) is 9.85. The molecule has 4 rings (SSSR count). The fraction of sp³-hybridized carbons (Fsp3) is 0.519. The molecule has 4 atom stereocenters. The first kappa shape index (κ1) is 21.1. The van der Waals surface area contributed by atoms with Gasteiger partial charge in [0.1, 0.15) is 0 Å². The topological polar surface area (TPSA) is 32.3 Å². The molecular weight excluding hydrogens is 368 g/mol. The predicted octanol–water partition coefficient (Wildman–Crippen LogP) is 4.92. The maximum atomic E-state index is 13.4. The fourth-order valence-electron chi connectivity index (χ4n) is 5.43. The van der Waals surface area contributed by atoms with Gasteiger partial charge in [-0.25, -0.2) is 0 Å². The van der Waals surface area contributed by atoms with Crippen molar-refractivity contribution in [2.45, 2.75) is 52.6 Å². The molecule has 2 aromatic carbocycles. The Bertz CT molecular complexity index is 827. The van der Waals surface area contributed by atoms with E-state index in [1.54, 1.807) is 0 Å². The largest absolute Gasteiger partial charge is 0.353 e. The van der Waals surface area contributed by atoms with Crippen molar-refractivity contribution in [3.8, 4) is 0 Å². The first-order chi connectivity index (χ1) is 14.4. The van der Waals surface area contributed by atoms with E-state index >= 15 is 0 Å². The molecule has 160 valence electrons. The summed E-state index contributed by atoms with van der Waals surface area (Å²) >= 11 is 0. The van der Waals surface area contributed by atoms with Crippen LogP contribution in [-0.4, -0.2) is 29.9 Å². The van der Waals surface area contributed by atoms with Crippen LogP contribution in [0.25, 0.3) is 0 Å². The summed E-state index contributed by atoms with van der Waals surface area (Å²) in [7, 11) is 0. The SMILES string of the molecule is CC(C)(C)C(Cc1ccccc1)C(=O)NC1CC[C@H]2CN(Cc3ccccc3)CC12. The van der Waals surface area contributed by atoms with Crippen LogP contribution in [0, 0.1) is 23.2 Å². The van der Waals surface area contributed by atoms with E-state index in [4.69, 9.17) is 0 Å². The summed E-state index contributed by atoms with van der Waals surface area (Å²) in [6, 6.07) is 21.5. The number of nitrogens with zero attached hydrogens (tertiary/aromatic N) is 1. The Morgan fingerprint density at radius 3 is 2.23 bits per heavy atom. The third-order valence-electron chi connectivity index (χ3n) is 7.15. The number of carbonyl (C=O) groups is 1. The van der Waals surface area contributed by atoms with Crippen molar-refractivity contribution in [3.05, 3.63) is 71.8 Å². The Kier molecular flexibility index (Phi) is 6.29. The standard InChI is InChI=1S/C27H36N2O/c1-27(2,3)24(16-20-10-6-4-7-11-20)26(30)28-25-15-14-22-18-29(19-23(22)25)17-21-12-8-5-9-13-21/h4-13,22-25H,14-19H2,1-3H3,(H,28,30)/t22-,23?,24?,25?/m0/s1. The Hall–Kier alpha value is -2.13. The summed E-state index contributed by atoms with van der Waals surface area (Å²) < 4.78 is 0. The average Bonchev–Trinajstić information content (AvgIpc) is 3.28. The monoisotopic (exact) mass is 404 g/mol. The molecule has 1 amide bonds. The van der Waals surface area contributed by atoms with Gasteiger partial charge in [-0.3, -0.25) is 9.69 Å². The van der Waals surface area contributed by atoms with Crippen molar-refractivity contribution in [2.24, 2.45) is 23.2 Å². The minimum atomic E-state index is -0.0625. The van der Waals surface area contributed by atoms with E-state index in [0.29, 0.717) is 12.0 Å². The smallest absolute Gasteiger partial charge is 0.224 e. The molecule has 0 radical (unpaired) electrons. The van der Waals surface area contributed by atoms with Gasteiger partial charge in [-0.2, -0.15) is 0 Å². The van der Waals surface area contributed by atoms with Gasteiger partial charge in [0.05, 0.1) is 0 Å². The van der Waals surface area contributed by atoms with Gasteiger partial charge in [-0.1, -0.05) is 81.4 Å². The number of rotatable bonds is 6. The van der Waals surface area contributed by atoms with E-state index in [1.165, 1.54) is 24.1 Å². The highest BCUT2D eigenvalue weighted by Gasteiger charge is 2.44. The molecule has 0 spiro atoms. The first-order valence-corrected chi connectivity index (χ1v) is 11.5. The van der Waals surface area contributed by atoms with E-state index in [0.717, 1.165) is 31.8 Å². The third kappa shape index (κ3) is 4.95. The molecule has 2 aliphatic rings. The Morgan fingerprint density at radius 2 is 1.60 bits per heavy atom. The van der Waals surface area contributed by atoms with Crippen LogP contribution in [0.3, 0.4) is 0 Å². The lowest BCUT2D eigenvalue weighted by molar-refractivity contribution is -0.129. The van der Waals surface area contributed by atoms with Gasteiger partial charge in [0.15, 0.2) is 0 Å². The summed E-state index contributed by atoms with van der Waals surface area (Å²) in [6.07, 6.45) is 3.17. The Labute approximate surface area is 181 Å². The fourth-order valence-corrected chi connectivity index (χ4v) is 5.43. The van der Waals surface area contributed by atoms with Crippen LogP contribution in [0.1, 0.15) is 44.7 Å². The van der Waals surface area contributed by atoms with Crippen molar-refractivity contribution in [3.63, 3.8) is 0 Å². The minimum absolute atomic E-state index is 0.0132. The van der Waals surface area contributed by atoms with Crippen LogP contribution >= 0.6 is 0 Å². The molecule has 2 aromatic rings. The van der Waals surface area contributed by atoms with Gasteiger partial charge in [0.25, 0.3) is 0 Å². The second-order valence-electron chi connectivity index (χ2n) is 10.4. The number of fused-ring (bicyclic) bond motifs is 1. The van der Waals surface area contributed by atoms with E-state index in [-0.39, 0.29) is 17.2 Å².